The quantitative estimate of drug-likeness (QED) is 0.259. The van der Waals surface area contributed by atoms with Gasteiger partial charge in [0.1, 0.15) is 11.5 Å². The minimum Gasteiger partial charge on any atom is -0.507 e. The fraction of sp³-hybridized carbons (Fsp3) is 0.185. The highest BCUT2D eigenvalue weighted by atomic mass is 35.5. The molecule has 1 aliphatic heterocycles. The Balaban J connectivity index is 2.01. The molecule has 1 amide bonds. The zero-order chi connectivity index (χ0) is 25.4. The fourth-order valence-electron chi connectivity index (χ4n) is 4.27. The fourth-order valence-corrected chi connectivity index (χ4v) is 4.84. The van der Waals surface area contributed by atoms with Gasteiger partial charge in [-0.1, -0.05) is 53.5 Å². The van der Waals surface area contributed by atoms with Crippen LogP contribution in [0.5, 0.6) is 5.75 Å². The molecule has 0 aliphatic carbocycles. The highest BCUT2D eigenvalue weighted by Crippen LogP contribution is 2.45. The summed E-state index contributed by atoms with van der Waals surface area (Å²) in [5.74, 6) is -1.82. The Labute approximate surface area is 213 Å². The summed E-state index contributed by atoms with van der Waals surface area (Å²) < 4.78 is 5.39. The third-order valence-electron chi connectivity index (χ3n) is 6.01. The van der Waals surface area contributed by atoms with Gasteiger partial charge in [0.05, 0.1) is 29.3 Å². The summed E-state index contributed by atoms with van der Waals surface area (Å²) in [5, 5.41) is 11.9. The number of hydrogen-bond acceptors (Lipinski definition) is 5. The molecule has 1 saturated heterocycles. The lowest BCUT2D eigenvalue weighted by Gasteiger charge is -2.27. The molecular formula is C27H24Cl2N2O4. The highest BCUT2D eigenvalue weighted by Gasteiger charge is 2.47. The molecule has 6 nitrogen and oxygen atoms in total. The second-order valence-electron chi connectivity index (χ2n) is 8.41. The molecule has 0 bridgehead atoms. The monoisotopic (exact) mass is 510 g/mol. The van der Waals surface area contributed by atoms with Gasteiger partial charge in [0.2, 0.25) is 0 Å². The molecule has 1 atom stereocenters. The first kappa shape index (κ1) is 24.6. The summed E-state index contributed by atoms with van der Waals surface area (Å²) in [6.45, 7) is 1.86. The zero-order valence-electron chi connectivity index (χ0n) is 19.7. The van der Waals surface area contributed by atoms with Crippen molar-refractivity contribution in [2.24, 2.45) is 0 Å². The molecule has 0 radical (unpaired) electrons. The van der Waals surface area contributed by atoms with Crippen LogP contribution in [-0.4, -0.2) is 38.0 Å². The number of methoxy groups -OCH3 is 1. The molecule has 1 fully saturated rings. The first-order valence-electron chi connectivity index (χ1n) is 10.8. The van der Waals surface area contributed by atoms with Gasteiger partial charge in [0.25, 0.3) is 11.7 Å². The van der Waals surface area contributed by atoms with Crippen molar-refractivity contribution in [2.45, 2.75) is 13.0 Å². The number of hydrogen-bond donors (Lipinski definition) is 1. The second kappa shape index (κ2) is 9.64. The summed E-state index contributed by atoms with van der Waals surface area (Å²) in [6, 6.07) is 16.8. The lowest BCUT2D eigenvalue weighted by Crippen LogP contribution is -2.30. The molecule has 0 spiro atoms. The van der Waals surface area contributed by atoms with E-state index in [1.165, 1.54) is 24.1 Å². The maximum atomic E-state index is 13.4. The van der Waals surface area contributed by atoms with Crippen molar-refractivity contribution in [2.75, 3.05) is 31.0 Å². The molecule has 1 aliphatic rings. The van der Waals surface area contributed by atoms with Crippen molar-refractivity contribution in [3.63, 3.8) is 0 Å². The number of carbonyl (C=O) groups excluding carboxylic acids is 2. The molecule has 1 N–H and O–H groups in total. The van der Waals surface area contributed by atoms with Crippen LogP contribution in [-0.2, 0) is 9.59 Å². The average molecular weight is 511 g/mol. The number of aliphatic hydroxyl groups is 1. The molecule has 180 valence electrons. The van der Waals surface area contributed by atoms with Crippen LogP contribution >= 0.6 is 23.2 Å². The van der Waals surface area contributed by atoms with Gasteiger partial charge in [-0.3, -0.25) is 14.5 Å². The predicted octanol–water partition coefficient (Wildman–Crippen LogP) is 6.00. The Bertz CT molecular complexity index is 1350. The number of anilines is 2. The van der Waals surface area contributed by atoms with E-state index in [1.54, 1.807) is 12.1 Å². The topological polar surface area (TPSA) is 70.1 Å². The van der Waals surface area contributed by atoms with Crippen molar-refractivity contribution in [3.05, 3.63) is 93.0 Å². The predicted molar refractivity (Wildman–Crippen MR) is 140 cm³/mol. The Morgan fingerprint density at radius 1 is 1.03 bits per heavy atom. The summed E-state index contributed by atoms with van der Waals surface area (Å²) in [4.78, 5) is 30.2. The SMILES string of the molecule is COc1c(Cl)cc(Cl)cc1/C(O)=C1\C(=O)C(=O)N(c2ccccc2C)C1c1ccc(N(C)C)cc1. The van der Waals surface area contributed by atoms with Crippen LogP contribution in [0.3, 0.4) is 0 Å². The molecule has 0 saturated carbocycles. The van der Waals surface area contributed by atoms with E-state index >= 15 is 0 Å². The number of amides is 1. The minimum atomic E-state index is -0.880. The van der Waals surface area contributed by atoms with Gasteiger partial charge in [-0.2, -0.15) is 0 Å². The number of nitrogens with zero attached hydrogens (tertiary/aromatic N) is 2. The molecular weight excluding hydrogens is 487 g/mol. The molecule has 1 heterocycles. The van der Waals surface area contributed by atoms with Gasteiger partial charge in [-0.15, -0.1) is 0 Å². The molecule has 0 aromatic heterocycles. The maximum absolute atomic E-state index is 13.4. The summed E-state index contributed by atoms with van der Waals surface area (Å²) in [7, 11) is 5.24. The third kappa shape index (κ3) is 4.35. The van der Waals surface area contributed by atoms with E-state index in [-0.39, 0.29) is 26.9 Å². The number of carbonyl (C=O) groups is 2. The molecule has 1 unspecified atom stereocenters. The number of halogens is 2. The van der Waals surface area contributed by atoms with E-state index in [9.17, 15) is 14.7 Å². The van der Waals surface area contributed by atoms with Crippen molar-refractivity contribution in [1.29, 1.82) is 0 Å². The van der Waals surface area contributed by atoms with E-state index < -0.39 is 23.5 Å². The average Bonchev–Trinajstić information content (AvgIpc) is 3.09. The zero-order valence-corrected chi connectivity index (χ0v) is 21.2. The van der Waals surface area contributed by atoms with Crippen LogP contribution in [0.15, 0.2) is 66.2 Å². The third-order valence-corrected chi connectivity index (χ3v) is 6.51. The van der Waals surface area contributed by atoms with Gasteiger partial charge >= 0.3 is 0 Å². The minimum absolute atomic E-state index is 0.0764. The van der Waals surface area contributed by atoms with E-state index in [1.807, 2.05) is 62.3 Å². The van der Waals surface area contributed by atoms with Crippen LogP contribution in [0.4, 0.5) is 11.4 Å². The second-order valence-corrected chi connectivity index (χ2v) is 9.25. The Hall–Kier alpha value is -3.48. The van der Waals surface area contributed by atoms with Crippen molar-refractivity contribution < 1.29 is 19.4 Å². The number of rotatable bonds is 5. The van der Waals surface area contributed by atoms with Crippen LogP contribution in [0.25, 0.3) is 5.76 Å². The van der Waals surface area contributed by atoms with E-state index in [4.69, 9.17) is 27.9 Å². The number of aryl methyl sites for hydroxylation is 1. The van der Waals surface area contributed by atoms with Crippen LogP contribution in [0.1, 0.15) is 22.7 Å². The lowest BCUT2D eigenvalue weighted by molar-refractivity contribution is -0.132. The molecule has 3 aromatic carbocycles. The van der Waals surface area contributed by atoms with Gasteiger partial charge in [-0.05, 0) is 48.4 Å². The smallest absolute Gasteiger partial charge is 0.300 e. The number of Topliss-reactive ketones (excluding diaryl/α,β-unsaturated/α-hetero) is 1. The van der Waals surface area contributed by atoms with Gasteiger partial charge < -0.3 is 14.7 Å². The van der Waals surface area contributed by atoms with E-state index in [0.29, 0.717) is 11.3 Å². The Morgan fingerprint density at radius 2 is 1.69 bits per heavy atom. The van der Waals surface area contributed by atoms with Crippen molar-refractivity contribution in [1.82, 2.24) is 0 Å². The number of ether oxygens (including phenoxy) is 1. The van der Waals surface area contributed by atoms with Crippen LogP contribution in [0, 0.1) is 6.92 Å². The largest absolute Gasteiger partial charge is 0.507 e. The number of para-hydroxylation sites is 1. The summed E-state index contributed by atoms with van der Waals surface area (Å²) in [5.41, 5.74) is 3.05. The van der Waals surface area contributed by atoms with Gasteiger partial charge in [-0.25, -0.2) is 0 Å². The van der Waals surface area contributed by atoms with Crippen molar-refractivity contribution >= 4 is 52.0 Å². The summed E-state index contributed by atoms with van der Waals surface area (Å²) in [6.07, 6.45) is 0. The van der Waals surface area contributed by atoms with Crippen LogP contribution < -0.4 is 14.5 Å². The lowest BCUT2D eigenvalue weighted by atomic mass is 9.94. The number of benzene rings is 3. The maximum Gasteiger partial charge on any atom is 0.300 e. The molecule has 35 heavy (non-hydrogen) atoms. The summed E-state index contributed by atoms with van der Waals surface area (Å²) >= 11 is 12.5. The standard InChI is InChI=1S/C27H24Cl2N2O4/c1-15-7-5-6-8-21(15)31-23(16-9-11-18(12-10-16)30(2)3)22(25(33)27(31)34)24(32)19-13-17(28)14-20(29)26(19)35-4/h5-14,23,32H,1-4H3/b24-22+. The first-order valence-corrected chi connectivity index (χ1v) is 11.6. The Morgan fingerprint density at radius 3 is 2.29 bits per heavy atom. The van der Waals surface area contributed by atoms with E-state index in [0.717, 1.165) is 11.3 Å². The van der Waals surface area contributed by atoms with Gasteiger partial charge in [0, 0.05) is 30.5 Å². The number of ketones is 1. The van der Waals surface area contributed by atoms with Crippen molar-refractivity contribution in [3.8, 4) is 5.75 Å². The number of aliphatic hydroxyl groups excluding tert-OH is 1. The first-order chi connectivity index (χ1) is 16.6. The Kier molecular flexibility index (Phi) is 6.79. The highest BCUT2D eigenvalue weighted by molar-refractivity contribution is 6.52. The molecule has 4 rings (SSSR count). The normalized spacial score (nSPS) is 17.1. The van der Waals surface area contributed by atoms with Crippen LogP contribution in [0.2, 0.25) is 10.0 Å². The van der Waals surface area contributed by atoms with E-state index in [2.05, 4.69) is 0 Å². The molecule has 8 heteroatoms. The van der Waals surface area contributed by atoms with Gasteiger partial charge in [0.15, 0.2) is 0 Å². The molecule has 3 aromatic rings.